The number of nitrogens with zero attached hydrogens (tertiary/aromatic N) is 4. The third-order valence-corrected chi connectivity index (χ3v) is 4.98. The van der Waals surface area contributed by atoms with Crippen LogP contribution >= 0.6 is 0 Å². The fraction of sp³-hybridized carbons (Fsp3) is 0.273. The Morgan fingerprint density at radius 1 is 0.923 bits per heavy atom. The van der Waals surface area contributed by atoms with Crippen molar-refractivity contribution in [3.8, 4) is 11.3 Å². The Kier molecular flexibility index (Phi) is 4.57. The van der Waals surface area contributed by atoms with Crippen LogP contribution in [0.1, 0.15) is 19.4 Å². The summed E-state index contributed by atoms with van der Waals surface area (Å²) in [6.45, 7) is 7.04. The molecule has 0 spiro atoms. The fourth-order valence-corrected chi connectivity index (χ4v) is 3.54. The third-order valence-electron chi connectivity index (χ3n) is 4.98. The first-order chi connectivity index (χ1) is 12.8. The molecule has 132 valence electrons. The molecule has 0 bridgehead atoms. The van der Waals surface area contributed by atoms with Gasteiger partial charge in [-0.05, 0) is 31.9 Å². The molecule has 0 unspecified atom stereocenters. The summed E-state index contributed by atoms with van der Waals surface area (Å²) in [6, 6.07) is 21.1. The zero-order valence-electron chi connectivity index (χ0n) is 15.4. The van der Waals surface area contributed by atoms with E-state index in [1.54, 1.807) is 0 Å². The second kappa shape index (κ2) is 7.16. The van der Waals surface area contributed by atoms with Gasteiger partial charge in [0.05, 0.1) is 5.69 Å². The maximum Gasteiger partial charge on any atom is 0.227 e. The molecule has 0 amide bonds. The molecule has 26 heavy (non-hydrogen) atoms. The number of aromatic nitrogens is 2. The molecule has 0 saturated carbocycles. The highest BCUT2D eigenvalue weighted by Crippen LogP contribution is 2.35. The molecular weight excluding hydrogens is 320 g/mol. The Bertz CT molecular complexity index is 888. The average molecular weight is 344 g/mol. The first kappa shape index (κ1) is 16.6. The van der Waals surface area contributed by atoms with Crippen molar-refractivity contribution in [3.05, 3.63) is 66.2 Å². The summed E-state index contributed by atoms with van der Waals surface area (Å²) in [6.07, 6.45) is 1.06. The van der Waals surface area contributed by atoms with Gasteiger partial charge in [0, 0.05) is 37.0 Å². The summed E-state index contributed by atoms with van der Waals surface area (Å²) in [5.74, 6) is 1.78. The minimum atomic E-state index is 0.802. The number of hydrogen-bond acceptors (Lipinski definition) is 4. The number of fused-ring (bicyclic) bond motifs is 1. The third kappa shape index (κ3) is 3.03. The molecule has 1 aliphatic heterocycles. The molecule has 3 aromatic rings. The van der Waals surface area contributed by atoms with Crippen LogP contribution in [-0.2, 0) is 6.42 Å². The van der Waals surface area contributed by atoms with Crippen LogP contribution in [0.5, 0.6) is 0 Å². The van der Waals surface area contributed by atoms with Gasteiger partial charge in [0.25, 0.3) is 0 Å². The first-order valence-corrected chi connectivity index (χ1v) is 9.35. The van der Waals surface area contributed by atoms with E-state index in [0.29, 0.717) is 0 Å². The predicted molar refractivity (Wildman–Crippen MR) is 108 cm³/mol. The summed E-state index contributed by atoms with van der Waals surface area (Å²) in [7, 11) is 0. The molecule has 2 aromatic carbocycles. The van der Waals surface area contributed by atoms with Crippen LogP contribution in [0.25, 0.3) is 11.3 Å². The number of hydrogen-bond donors (Lipinski definition) is 0. The quantitative estimate of drug-likeness (QED) is 0.672. The highest BCUT2D eigenvalue weighted by Gasteiger charge is 2.23. The van der Waals surface area contributed by atoms with Crippen LogP contribution in [0, 0.1) is 0 Å². The predicted octanol–water partition coefficient (Wildman–Crippen LogP) is 4.68. The smallest absolute Gasteiger partial charge is 0.227 e. The Morgan fingerprint density at radius 3 is 2.42 bits per heavy atom. The van der Waals surface area contributed by atoms with Gasteiger partial charge < -0.3 is 9.80 Å². The van der Waals surface area contributed by atoms with Crippen LogP contribution in [0.3, 0.4) is 0 Å². The average Bonchev–Trinajstić information content (AvgIpc) is 3.14. The minimum Gasteiger partial charge on any atom is -0.341 e. The standard InChI is InChI=1S/C22H24N4/c1-3-25(4-2)22-23-19(17-10-6-5-7-11-17)16-21(24-22)26-15-14-18-12-8-9-13-20(18)26/h5-13,16H,3-4,14-15H2,1-2H3. The van der Waals surface area contributed by atoms with Gasteiger partial charge in [-0.2, -0.15) is 4.98 Å². The summed E-state index contributed by atoms with van der Waals surface area (Å²) < 4.78 is 0. The molecule has 4 rings (SSSR count). The summed E-state index contributed by atoms with van der Waals surface area (Å²) in [4.78, 5) is 14.3. The number of para-hydroxylation sites is 1. The lowest BCUT2D eigenvalue weighted by atomic mass is 10.1. The van der Waals surface area contributed by atoms with E-state index < -0.39 is 0 Å². The largest absolute Gasteiger partial charge is 0.341 e. The van der Waals surface area contributed by atoms with E-state index in [0.717, 1.165) is 49.1 Å². The van der Waals surface area contributed by atoms with E-state index in [9.17, 15) is 0 Å². The van der Waals surface area contributed by atoms with Crippen molar-refractivity contribution in [2.75, 3.05) is 29.4 Å². The molecule has 0 aliphatic carbocycles. The number of rotatable bonds is 5. The molecule has 0 radical (unpaired) electrons. The number of benzene rings is 2. The van der Waals surface area contributed by atoms with E-state index in [4.69, 9.17) is 9.97 Å². The zero-order valence-corrected chi connectivity index (χ0v) is 15.4. The van der Waals surface area contributed by atoms with Crippen molar-refractivity contribution in [1.82, 2.24) is 9.97 Å². The van der Waals surface area contributed by atoms with Crippen LogP contribution in [0.2, 0.25) is 0 Å². The lowest BCUT2D eigenvalue weighted by Crippen LogP contribution is -2.25. The highest BCUT2D eigenvalue weighted by atomic mass is 15.3. The SMILES string of the molecule is CCN(CC)c1nc(-c2ccccc2)cc(N2CCc3ccccc32)n1. The van der Waals surface area contributed by atoms with Crippen molar-refractivity contribution in [3.63, 3.8) is 0 Å². The monoisotopic (exact) mass is 344 g/mol. The lowest BCUT2D eigenvalue weighted by molar-refractivity contribution is 0.818. The van der Waals surface area contributed by atoms with Gasteiger partial charge in [-0.3, -0.25) is 0 Å². The second-order valence-electron chi connectivity index (χ2n) is 6.48. The van der Waals surface area contributed by atoms with Gasteiger partial charge in [-0.1, -0.05) is 48.5 Å². The maximum absolute atomic E-state index is 4.92. The van der Waals surface area contributed by atoms with Gasteiger partial charge in [-0.25, -0.2) is 4.98 Å². The topological polar surface area (TPSA) is 32.3 Å². The van der Waals surface area contributed by atoms with E-state index in [2.05, 4.69) is 78.2 Å². The molecule has 2 heterocycles. The molecule has 1 aromatic heterocycles. The molecule has 0 N–H and O–H groups in total. The Balaban J connectivity index is 1.83. The minimum absolute atomic E-state index is 0.802. The molecule has 1 aliphatic rings. The van der Waals surface area contributed by atoms with Crippen molar-refractivity contribution < 1.29 is 0 Å². The summed E-state index contributed by atoms with van der Waals surface area (Å²) in [5.41, 5.74) is 4.74. The fourth-order valence-electron chi connectivity index (χ4n) is 3.54. The second-order valence-corrected chi connectivity index (χ2v) is 6.48. The number of anilines is 3. The van der Waals surface area contributed by atoms with Crippen LogP contribution in [0.4, 0.5) is 17.5 Å². The van der Waals surface area contributed by atoms with Gasteiger partial charge in [-0.15, -0.1) is 0 Å². The maximum atomic E-state index is 4.92. The highest BCUT2D eigenvalue weighted by molar-refractivity contribution is 5.72. The molecule has 0 saturated heterocycles. The van der Waals surface area contributed by atoms with Gasteiger partial charge in [0.2, 0.25) is 5.95 Å². The van der Waals surface area contributed by atoms with Gasteiger partial charge >= 0.3 is 0 Å². The van der Waals surface area contributed by atoms with Crippen LogP contribution in [-0.4, -0.2) is 29.6 Å². The van der Waals surface area contributed by atoms with Gasteiger partial charge in [0.15, 0.2) is 0 Å². The van der Waals surface area contributed by atoms with Crippen molar-refractivity contribution >= 4 is 17.5 Å². The van der Waals surface area contributed by atoms with Crippen LogP contribution in [0.15, 0.2) is 60.7 Å². The van der Waals surface area contributed by atoms with Crippen molar-refractivity contribution in [2.45, 2.75) is 20.3 Å². The summed E-state index contributed by atoms with van der Waals surface area (Å²) in [5, 5.41) is 0. The molecule has 4 nitrogen and oxygen atoms in total. The zero-order chi connectivity index (χ0) is 17.9. The molecule has 4 heteroatoms. The van der Waals surface area contributed by atoms with E-state index >= 15 is 0 Å². The van der Waals surface area contributed by atoms with E-state index in [1.165, 1.54) is 11.3 Å². The Morgan fingerprint density at radius 2 is 1.65 bits per heavy atom. The van der Waals surface area contributed by atoms with E-state index in [1.807, 2.05) is 6.07 Å². The lowest BCUT2D eigenvalue weighted by Gasteiger charge is -2.24. The Labute approximate surface area is 155 Å². The molecule has 0 fully saturated rings. The van der Waals surface area contributed by atoms with Gasteiger partial charge in [0.1, 0.15) is 5.82 Å². The first-order valence-electron chi connectivity index (χ1n) is 9.35. The van der Waals surface area contributed by atoms with E-state index in [-0.39, 0.29) is 0 Å². The molecule has 0 atom stereocenters. The van der Waals surface area contributed by atoms with Crippen LogP contribution < -0.4 is 9.80 Å². The normalized spacial score (nSPS) is 12.9. The van der Waals surface area contributed by atoms with Crippen molar-refractivity contribution in [2.24, 2.45) is 0 Å². The van der Waals surface area contributed by atoms with Crippen molar-refractivity contribution in [1.29, 1.82) is 0 Å². The molecular formula is C22H24N4. The Hall–Kier alpha value is -2.88. The summed E-state index contributed by atoms with van der Waals surface area (Å²) >= 11 is 0.